The van der Waals surface area contributed by atoms with Crippen LogP contribution in [0.2, 0.25) is 0 Å². The zero-order chi connectivity index (χ0) is 14.7. The van der Waals surface area contributed by atoms with Gasteiger partial charge in [0.1, 0.15) is 0 Å². The Morgan fingerprint density at radius 2 is 1.65 bits per heavy atom. The van der Waals surface area contributed by atoms with Crippen molar-refractivity contribution in [2.75, 3.05) is 11.1 Å². The summed E-state index contributed by atoms with van der Waals surface area (Å²) in [6, 6.07) is 11.7. The summed E-state index contributed by atoms with van der Waals surface area (Å²) in [5, 5.41) is 2.75. The lowest BCUT2D eigenvalue weighted by Crippen LogP contribution is -2.12. The molecule has 0 aliphatic carbocycles. The molecule has 2 aromatic carbocycles. The van der Waals surface area contributed by atoms with E-state index in [4.69, 9.17) is 5.73 Å². The second-order valence-electron chi connectivity index (χ2n) is 4.32. The van der Waals surface area contributed by atoms with Gasteiger partial charge in [0.15, 0.2) is 5.78 Å². The minimum Gasteiger partial charge on any atom is -0.398 e. The third-order valence-electron chi connectivity index (χ3n) is 2.81. The molecular formula is C15H13BrN2O2. The average Bonchev–Trinajstić information content (AvgIpc) is 2.42. The maximum atomic E-state index is 12.0. The first-order valence-corrected chi connectivity index (χ1v) is 6.74. The molecule has 0 saturated heterocycles. The van der Waals surface area contributed by atoms with Crippen LogP contribution < -0.4 is 11.1 Å². The third kappa shape index (κ3) is 3.24. The van der Waals surface area contributed by atoms with Gasteiger partial charge in [-0.1, -0.05) is 0 Å². The van der Waals surface area contributed by atoms with Gasteiger partial charge in [-0.3, -0.25) is 9.59 Å². The summed E-state index contributed by atoms with van der Waals surface area (Å²) < 4.78 is 0.750. The number of rotatable bonds is 3. The maximum Gasteiger partial charge on any atom is 0.255 e. The van der Waals surface area contributed by atoms with E-state index in [9.17, 15) is 9.59 Å². The summed E-state index contributed by atoms with van der Waals surface area (Å²) >= 11 is 3.28. The number of amides is 1. The Bertz CT molecular complexity index is 666. The van der Waals surface area contributed by atoms with Crippen molar-refractivity contribution in [3.63, 3.8) is 0 Å². The van der Waals surface area contributed by atoms with Crippen LogP contribution >= 0.6 is 15.9 Å². The van der Waals surface area contributed by atoms with Crippen LogP contribution in [0.4, 0.5) is 11.4 Å². The quantitative estimate of drug-likeness (QED) is 0.667. The van der Waals surface area contributed by atoms with E-state index in [1.807, 2.05) is 0 Å². The largest absolute Gasteiger partial charge is 0.398 e. The van der Waals surface area contributed by atoms with E-state index < -0.39 is 0 Å². The molecule has 0 saturated carbocycles. The third-order valence-corrected chi connectivity index (χ3v) is 3.53. The SMILES string of the molecule is CC(=O)c1ccc(NC(=O)c2ccc(Br)c(N)c2)cc1. The molecule has 2 rings (SSSR count). The first-order valence-electron chi connectivity index (χ1n) is 5.95. The number of nitrogens with two attached hydrogens (primary N) is 1. The zero-order valence-corrected chi connectivity index (χ0v) is 12.4. The number of benzene rings is 2. The van der Waals surface area contributed by atoms with Crippen molar-refractivity contribution in [1.82, 2.24) is 0 Å². The molecule has 0 spiro atoms. The lowest BCUT2D eigenvalue weighted by atomic mass is 10.1. The number of carbonyl (C=O) groups is 2. The van der Waals surface area contributed by atoms with Crippen LogP contribution in [0, 0.1) is 0 Å². The van der Waals surface area contributed by atoms with Crippen molar-refractivity contribution in [3.8, 4) is 0 Å². The average molecular weight is 333 g/mol. The Morgan fingerprint density at radius 3 is 2.20 bits per heavy atom. The van der Waals surface area contributed by atoms with Crippen molar-refractivity contribution in [2.45, 2.75) is 6.92 Å². The van der Waals surface area contributed by atoms with Gasteiger partial charge in [-0.25, -0.2) is 0 Å². The lowest BCUT2D eigenvalue weighted by Gasteiger charge is -2.07. The minimum absolute atomic E-state index is 0.0106. The molecule has 0 unspecified atom stereocenters. The topological polar surface area (TPSA) is 72.2 Å². The fraction of sp³-hybridized carbons (Fsp3) is 0.0667. The van der Waals surface area contributed by atoms with Gasteiger partial charge in [0, 0.05) is 27.0 Å². The first-order chi connectivity index (χ1) is 9.47. The van der Waals surface area contributed by atoms with Gasteiger partial charge in [0.2, 0.25) is 0 Å². The summed E-state index contributed by atoms with van der Waals surface area (Å²) in [6.07, 6.45) is 0. The fourth-order valence-corrected chi connectivity index (χ4v) is 1.92. The number of anilines is 2. The number of Topliss-reactive ketones (excluding diaryl/α,β-unsaturated/α-hetero) is 1. The van der Waals surface area contributed by atoms with E-state index in [0.717, 1.165) is 4.47 Å². The van der Waals surface area contributed by atoms with Crippen molar-refractivity contribution >= 4 is 39.0 Å². The highest BCUT2D eigenvalue weighted by molar-refractivity contribution is 9.10. The van der Waals surface area contributed by atoms with E-state index in [0.29, 0.717) is 22.5 Å². The fourth-order valence-electron chi connectivity index (χ4n) is 1.68. The monoisotopic (exact) mass is 332 g/mol. The summed E-state index contributed by atoms with van der Waals surface area (Å²) in [5.41, 5.74) is 7.95. The Kier molecular flexibility index (Phi) is 4.20. The van der Waals surface area contributed by atoms with Gasteiger partial charge in [-0.2, -0.15) is 0 Å². The molecule has 0 aliphatic rings. The molecule has 4 nitrogen and oxygen atoms in total. The molecule has 0 radical (unpaired) electrons. The van der Waals surface area contributed by atoms with Crippen LogP contribution in [0.5, 0.6) is 0 Å². The molecular weight excluding hydrogens is 320 g/mol. The highest BCUT2D eigenvalue weighted by Crippen LogP contribution is 2.21. The van der Waals surface area contributed by atoms with Gasteiger partial charge in [-0.05, 0) is 65.3 Å². The predicted octanol–water partition coefficient (Wildman–Crippen LogP) is 3.49. The number of nitrogen functional groups attached to an aromatic ring is 1. The molecule has 3 N–H and O–H groups in total. The van der Waals surface area contributed by atoms with E-state index in [-0.39, 0.29) is 11.7 Å². The van der Waals surface area contributed by atoms with Gasteiger partial charge < -0.3 is 11.1 Å². The Hall–Kier alpha value is -2.14. The van der Waals surface area contributed by atoms with E-state index in [1.54, 1.807) is 42.5 Å². The number of ketones is 1. The standard InChI is InChI=1S/C15H13BrN2O2/c1-9(19)10-2-5-12(6-3-10)18-15(20)11-4-7-13(16)14(17)8-11/h2-8H,17H2,1H3,(H,18,20). The molecule has 20 heavy (non-hydrogen) atoms. The normalized spacial score (nSPS) is 10.1. The second-order valence-corrected chi connectivity index (χ2v) is 5.18. The molecule has 0 aromatic heterocycles. The van der Waals surface area contributed by atoms with Gasteiger partial charge >= 0.3 is 0 Å². The molecule has 0 fully saturated rings. The van der Waals surface area contributed by atoms with Crippen LogP contribution in [-0.4, -0.2) is 11.7 Å². The number of hydrogen-bond donors (Lipinski definition) is 2. The molecule has 0 aliphatic heterocycles. The summed E-state index contributed by atoms with van der Waals surface area (Å²) in [6.45, 7) is 1.50. The summed E-state index contributed by atoms with van der Waals surface area (Å²) in [4.78, 5) is 23.2. The molecule has 0 bridgehead atoms. The van der Waals surface area contributed by atoms with Crippen LogP contribution in [0.25, 0.3) is 0 Å². The van der Waals surface area contributed by atoms with Crippen molar-refractivity contribution in [1.29, 1.82) is 0 Å². The summed E-state index contributed by atoms with van der Waals surface area (Å²) in [7, 11) is 0. The Morgan fingerprint density at radius 1 is 1.05 bits per heavy atom. The van der Waals surface area contributed by atoms with Gasteiger partial charge in [-0.15, -0.1) is 0 Å². The lowest BCUT2D eigenvalue weighted by molar-refractivity contribution is 0.101. The van der Waals surface area contributed by atoms with Crippen molar-refractivity contribution < 1.29 is 9.59 Å². The maximum absolute atomic E-state index is 12.0. The van der Waals surface area contributed by atoms with E-state index >= 15 is 0 Å². The van der Waals surface area contributed by atoms with E-state index in [2.05, 4.69) is 21.2 Å². The molecule has 102 valence electrons. The van der Waals surface area contributed by atoms with Crippen molar-refractivity contribution in [3.05, 3.63) is 58.1 Å². The molecule has 0 heterocycles. The van der Waals surface area contributed by atoms with Crippen molar-refractivity contribution in [2.24, 2.45) is 0 Å². The van der Waals surface area contributed by atoms with Crippen LogP contribution in [-0.2, 0) is 0 Å². The van der Waals surface area contributed by atoms with Crippen LogP contribution in [0.15, 0.2) is 46.9 Å². The van der Waals surface area contributed by atoms with Gasteiger partial charge in [0.25, 0.3) is 5.91 Å². The molecule has 5 heteroatoms. The first kappa shape index (κ1) is 14.3. The van der Waals surface area contributed by atoms with E-state index in [1.165, 1.54) is 6.92 Å². The predicted molar refractivity (Wildman–Crippen MR) is 83.0 cm³/mol. The second kappa shape index (κ2) is 5.88. The van der Waals surface area contributed by atoms with Crippen LogP contribution in [0.1, 0.15) is 27.6 Å². The number of halogens is 1. The summed E-state index contributed by atoms with van der Waals surface area (Å²) in [5.74, 6) is -0.261. The number of carbonyl (C=O) groups excluding carboxylic acids is 2. The Labute approximate surface area is 125 Å². The molecule has 1 amide bonds. The zero-order valence-electron chi connectivity index (χ0n) is 10.8. The number of nitrogens with one attached hydrogen (secondary N) is 1. The minimum atomic E-state index is -0.250. The highest BCUT2D eigenvalue weighted by atomic mass is 79.9. The smallest absolute Gasteiger partial charge is 0.255 e. The highest BCUT2D eigenvalue weighted by Gasteiger charge is 2.08. The Balaban J connectivity index is 2.14. The van der Waals surface area contributed by atoms with Gasteiger partial charge in [0.05, 0.1) is 0 Å². The number of hydrogen-bond acceptors (Lipinski definition) is 3. The molecule has 0 atom stereocenters. The van der Waals surface area contributed by atoms with Crippen LogP contribution in [0.3, 0.4) is 0 Å². The molecule has 2 aromatic rings.